The predicted octanol–water partition coefficient (Wildman–Crippen LogP) is 1.81. The molecule has 0 aromatic carbocycles. The quantitative estimate of drug-likeness (QED) is 0.529. The van der Waals surface area contributed by atoms with E-state index in [1.807, 2.05) is 0 Å². The van der Waals surface area contributed by atoms with Crippen LogP contribution >= 0.6 is 0 Å². The highest BCUT2D eigenvalue weighted by Gasteiger charge is 2.21. The second-order valence-electron chi connectivity index (χ2n) is 4.11. The van der Waals surface area contributed by atoms with E-state index in [0.717, 1.165) is 25.7 Å². The molecule has 0 N–H and O–H groups in total. The summed E-state index contributed by atoms with van der Waals surface area (Å²) in [4.78, 5) is 22.4. The van der Waals surface area contributed by atoms with Crippen LogP contribution in [0.25, 0.3) is 0 Å². The van der Waals surface area contributed by atoms with E-state index in [0.29, 0.717) is 0 Å². The van der Waals surface area contributed by atoms with Crippen molar-refractivity contribution in [3.8, 4) is 0 Å². The Balaban J connectivity index is 2.19. The highest BCUT2D eigenvalue weighted by Crippen LogP contribution is 2.21. The van der Waals surface area contributed by atoms with Crippen LogP contribution in [-0.2, 0) is 19.1 Å². The molecule has 0 amide bonds. The van der Waals surface area contributed by atoms with E-state index < -0.39 is 11.9 Å². The molecule has 0 bridgehead atoms. The second kappa shape index (κ2) is 5.73. The minimum atomic E-state index is -0.506. The summed E-state index contributed by atoms with van der Waals surface area (Å²) in [5, 5.41) is 0. The fourth-order valence-electron chi connectivity index (χ4n) is 1.66. The van der Waals surface area contributed by atoms with E-state index in [1.54, 1.807) is 13.8 Å². The van der Waals surface area contributed by atoms with Crippen LogP contribution in [0.5, 0.6) is 0 Å². The van der Waals surface area contributed by atoms with E-state index in [9.17, 15) is 9.59 Å². The van der Waals surface area contributed by atoms with Crippen molar-refractivity contribution >= 4 is 11.9 Å². The molecule has 0 radical (unpaired) electrons. The standard InChI is InChI=1S/C11H18O4/c1-8(2)14-10(12)7-11(13)15-9-5-3-4-6-9/h8-9H,3-7H2,1-2H3. The van der Waals surface area contributed by atoms with Gasteiger partial charge < -0.3 is 9.47 Å². The smallest absolute Gasteiger partial charge is 0.317 e. The topological polar surface area (TPSA) is 52.6 Å². The molecule has 86 valence electrons. The SMILES string of the molecule is CC(C)OC(=O)CC(=O)OC1CCCC1. The molecule has 0 aromatic heterocycles. The van der Waals surface area contributed by atoms with Crippen molar-refractivity contribution in [1.29, 1.82) is 0 Å². The monoisotopic (exact) mass is 214 g/mol. The van der Waals surface area contributed by atoms with Gasteiger partial charge >= 0.3 is 11.9 Å². The minimum Gasteiger partial charge on any atom is -0.463 e. The molecular formula is C11H18O4. The number of esters is 2. The minimum absolute atomic E-state index is 0.0179. The molecule has 1 aliphatic carbocycles. The van der Waals surface area contributed by atoms with Crippen molar-refractivity contribution in [1.82, 2.24) is 0 Å². The van der Waals surface area contributed by atoms with Gasteiger partial charge in [-0.25, -0.2) is 0 Å². The zero-order chi connectivity index (χ0) is 11.3. The van der Waals surface area contributed by atoms with Crippen LogP contribution in [0.3, 0.4) is 0 Å². The van der Waals surface area contributed by atoms with Gasteiger partial charge in [-0.1, -0.05) is 0 Å². The van der Waals surface area contributed by atoms with Gasteiger partial charge in [-0.2, -0.15) is 0 Å². The van der Waals surface area contributed by atoms with E-state index in [2.05, 4.69) is 0 Å². The predicted molar refractivity (Wildman–Crippen MR) is 54.2 cm³/mol. The summed E-state index contributed by atoms with van der Waals surface area (Å²) in [5.41, 5.74) is 0. The van der Waals surface area contributed by atoms with Crippen LogP contribution in [0.2, 0.25) is 0 Å². The second-order valence-corrected chi connectivity index (χ2v) is 4.11. The fourth-order valence-corrected chi connectivity index (χ4v) is 1.66. The molecule has 0 spiro atoms. The first-order valence-electron chi connectivity index (χ1n) is 5.47. The molecule has 1 rings (SSSR count). The van der Waals surface area contributed by atoms with Crippen LogP contribution in [0.15, 0.2) is 0 Å². The number of carbonyl (C=O) groups excluding carboxylic acids is 2. The van der Waals surface area contributed by atoms with Crippen molar-refractivity contribution in [3.63, 3.8) is 0 Å². The summed E-state index contributed by atoms with van der Waals surface area (Å²) in [7, 11) is 0. The van der Waals surface area contributed by atoms with E-state index in [4.69, 9.17) is 9.47 Å². The largest absolute Gasteiger partial charge is 0.463 e. The molecular weight excluding hydrogens is 196 g/mol. The third kappa shape index (κ3) is 4.81. The highest BCUT2D eigenvalue weighted by molar-refractivity contribution is 5.91. The third-order valence-electron chi connectivity index (χ3n) is 2.26. The van der Waals surface area contributed by atoms with Gasteiger partial charge in [0.1, 0.15) is 12.5 Å². The lowest BCUT2D eigenvalue weighted by Crippen LogP contribution is -2.20. The molecule has 0 aliphatic heterocycles. The van der Waals surface area contributed by atoms with Crippen LogP contribution in [-0.4, -0.2) is 24.1 Å². The third-order valence-corrected chi connectivity index (χ3v) is 2.26. The van der Waals surface area contributed by atoms with Crippen molar-refractivity contribution in [3.05, 3.63) is 0 Å². The van der Waals surface area contributed by atoms with Crippen LogP contribution in [0.4, 0.5) is 0 Å². The maximum absolute atomic E-state index is 11.3. The van der Waals surface area contributed by atoms with Gasteiger partial charge in [-0.15, -0.1) is 0 Å². The number of carbonyl (C=O) groups is 2. The summed E-state index contributed by atoms with van der Waals surface area (Å²) < 4.78 is 9.97. The van der Waals surface area contributed by atoms with Crippen LogP contribution < -0.4 is 0 Å². The normalized spacial score (nSPS) is 16.7. The van der Waals surface area contributed by atoms with Crippen LogP contribution in [0, 0.1) is 0 Å². The first-order valence-corrected chi connectivity index (χ1v) is 5.47. The highest BCUT2D eigenvalue weighted by atomic mass is 16.6. The number of rotatable bonds is 4. The van der Waals surface area contributed by atoms with Crippen molar-refractivity contribution in [2.45, 2.75) is 58.2 Å². The average molecular weight is 214 g/mol. The summed E-state index contributed by atoms with van der Waals surface area (Å²) in [6.07, 6.45) is 3.62. The zero-order valence-electron chi connectivity index (χ0n) is 9.32. The lowest BCUT2D eigenvalue weighted by molar-refractivity contribution is -0.159. The van der Waals surface area contributed by atoms with Gasteiger partial charge in [0.2, 0.25) is 0 Å². The Morgan fingerprint density at radius 2 is 1.80 bits per heavy atom. The van der Waals surface area contributed by atoms with Crippen molar-refractivity contribution in [2.75, 3.05) is 0 Å². The summed E-state index contributed by atoms with van der Waals surface area (Å²) in [6, 6.07) is 0. The van der Waals surface area contributed by atoms with Crippen LogP contribution in [0.1, 0.15) is 46.0 Å². The van der Waals surface area contributed by atoms with Gasteiger partial charge in [0.25, 0.3) is 0 Å². The molecule has 1 saturated carbocycles. The van der Waals surface area contributed by atoms with Gasteiger partial charge in [0, 0.05) is 0 Å². The van der Waals surface area contributed by atoms with E-state index in [-0.39, 0.29) is 18.6 Å². The van der Waals surface area contributed by atoms with E-state index in [1.165, 1.54) is 0 Å². The van der Waals surface area contributed by atoms with E-state index >= 15 is 0 Å². The Morgan fingerprint density at radius 1 is 1.20 bits per heavy atom. The number of hydrogen-bond donors (Lipinski definition) is 0. The average Bonchev–Trinajstić information content (AvgIpc) is 2.53. The zero-order valence-corrected chi connectivity index (χ0v) is 9.32. The first kappa shape index (κ1) is 12.0. The molecule has 15 heavy (non-hydrogen) atoms. The van der Waals surface area contributed by atoms with Crippen molar-refractivity contribution in [2.24, 2.45) is 0 Å². The Kier molecular flexibility index (Phi) is 4.59. The molecule has 0 atom stereocenters. The summed E-state index contributed by atoms with van der Waals surface area (Å²) >= 11 is 0. The molecule has 0 aromatic rings. The molecule has 4 heteroatoms. The Hall–Kier alpha value is -1.06. The lowest BCUT2D eigenvalue weighted by atomic mass is 10.3. The summed E-state index contributed by atoms with van der Waals surface area (Å²) in [6.45, 7) is 3.50. The lowest BCUT2D eigenvalue weighted by Gasteiger charge is -2.11. The Morgan fingerprint density at radius 3 is 2.33 bits per heavy atom. The van der Waals surface area contributed by atoms with Gasteiger partial charge in [0.15, 0.2) is 0 Å². The van der Waals surface area contributed by atoms with Crippen molar-refractivity contribution < 1.29 is 19.1 Å². The fraction of sp³-hybridized carbons (Fsp3) is 0.818. The van der Waals surface area contributed by atoms with Gasteiger partial charge in [-0.05, 0) is 39.5 Å². The maximum atomic E-state index is 11.3. The molecule has 0 unspecified atom stereocenters. The number of ether oxygens (including phenoxy) is 2. The molecule has 1 aliphatic rings. The molecule has 1 fully saturated rings. The Bertz CT molecular complexity index is 229. The molecule has 4 nitrogen and oxygen atoms in total. The Labute approximate surface area is 89.9 Å². The number of hydrogen-bond acceptors (Lipinski definition) is 4. The molecule has 0 saturated heterocycles. The van der Waals surface area contributed by atoms with Gasteiger partial charge in [-0.3, -0.25) is 9.59 Å². The maximum Gasteiger partial charge on any atom is 0.317 e. The summed E-state index contributed by atoms with van der Waals surface area (Å²) in [5.74, 6) is -0.972. The van der Waals surface area contributed by atoms with Gasteiger partial charge in [0.05, 0.1) is 6.10 Å². The molecule has 0 heterocycles. The first-order chi connectivity index (χ1) is 7.08.